The predicted octanol–water partition coefficient (Wildman–Crippen LogP) is 2.51. The highest BCUT2D eigenvalue weighted by atomic mass is 16.3. The number of hydrogen-bond acceptors (Lipinski definition) is 5. The number of hydrogen-bond donors (Lipinski definition) is 2. The molecule has 7 nitrogen and oxygen atoms in total. The summed E-state index contributed by atoms with van der Waals surface area (Å²) in [4.78, 5) is 40.7. The molecule has 0 aromatic heterocycles. The topological polar surface area (TPSA) is 98.2 Å². The molecular formula is C19H24N2O5. The lowest BCUT2D eigenvalue weighted by Crippen LogP contribution is -2.52. The van der Waals surface area contributed by atoms with Gasteiger partial charge in [-0.25, -0.2) is 4.79 Å². The zero-order chi connectivity index (χ0) is 19.1. The highest BCUT2D eigenvalue weighted by molar-refractivity contribution is 6.11. The lowest BCUT2D eigenvalue weighted by molar-refractivity contribution is -0.135. The second-order valence-electron chi connectivity index (χ2n) is 7.38. The van der Waals surface area contributed by atoms with Gasteiger partial charge in [-0.15, -0.1) is 0 Å². The number of ketones is 1. The van der Waals surface area contributed by atoms with Crippen molar-refractivity contribution in [2.45, 2.75) is 44.6 Å². The Hall–Kier alpha value is -2.57. The summed E-state index contributed by atoms with van der Waals surface area (Å²) in [6, 6.07) is 3.03. The second kappa shape index (κ2) is 6.63. The Morgan fingerprint density at radius 2 is 1.69 bits per heavy atom. The molecule has 1 unspecified atom stereocenters. The monoisotopic (exact) mass is 360 g/mol. The van der Waals surface area contributed by atoms with Crippen molar-refractivity contribution in [1.82, 2.24) is 9.80 Å². The van der Waals surface area contributed by atoms with E-state index in [9.17, 15) is 24.6 Å². The van der Waals surface area contributed by atoms with E-state index in [1.165, 1.54) is 17.0 Å². The first-order valence-corrected chi connectivity index (χ1v) is 8.91. The highest BCUT2D eigenvalue weighted by Crippen LogP contribution is 2.41. The molecular weight excluding hydrogens is 336 g/mol. The van der Waals surface area contributed by atoms with Crippen molar-refractivity contribution >= 4 is 17.7 Å². The van der Waals surface area contributed by atoms with Gasteiger partial charge in [-0.3, -0.25) is 14.5 Å². The number of carbonyl (C=O) groups excluding carboxylic acids is 3. The summed E-state index contributed by atoms with van der Waals surface area (Å²) in [6.45, 7) is 1.38. The fourth-order valence-corrected chi connectivity index (χ4v) is 4.13. The zero-order valence-electron chi connectivity index (χ0n) is 15.1. The fourth-order valence-electron chi connectivity index (χ4n) is 4.13. The standard InChI is InChI=1S/C19H24N2O5/c1-19(13-6-4-3-5-7-13)17(25)21(18(26)20(19)2)11-16(24)12-8-14(22)10-15(23)9-12/h8-10,13,22-23H,3-7,11H2,1-2H3. The second-order valence-corrected chi connectivity index (χ2v) is 7.38. The third-order valence-electron chi connectivity index (χ3n) is 5.82. The first-order chi connectivity index (χ1) is 12.2. The number of amides is 3. The number of phenolic OH excluding ortho intramolecular Hbond substituents is 2. The van der Waals surface area contributed by atoms with Crippen LogP contribution in [0.15, 0.2) is 18.2 Å². The van der Waals surface area contributed by atoms with E-state index in [2.05, 4.69) is 0 Å². The number of rotatable bonds is 4. The first-order valence-electron chi connectivity index (χ1n) is 8.91. The molecule has 26 heavy (non-hydrogen) atoms. The van der Waals surface area contributed by atoms with Gasteiger partial charge in [0.1, 0.15) is 17.0 Å². The van der Waals surface area contributed by atoms with E-state index < -0.39 is 23.9 Å². The Morgan fingerprint density at radius 3 is 2.27 bits per heavy atom. The molecule has 2 N–H and O–H groups in total. The van der Waals surface area contributed by atoms with Gasteiger partial charge in [-0.05, 0) is 37.8 Å². The van der Waals surface area contributed by atoms with Crippen LogP contribution in [0.5, 0.6) is 11.5 Å². The van der Waals surface area contributed by atoms with Crippen molar-refractivity contribution in [2.75, 3.05) is 13.6 Å². The number of likely N-dealkylation sites (N-methyl/N-ethyl adjacent to an activating group) is 1. The number of benzene rings is 1. The molecule has 140 valence electrons. The van der Waals surface area contributed by atoms with E-state index in [1.807, 2.05) is 0 Å². The van der Waals surface area contributed by atoms with Crippen molar-refractivity contribution in [2.24, 2.45) is 5.92 Å². The maximum atomic E-state index is 13.1. The lowest BCUT2D eigenvalue weighted by atomic mass is 9.75. The molecule has 1 heterocycles. The molecule has 3 amide bonds. The van der Waals surface area contributed by atoms with Crippen LogP contribution in [0.4, 0.5) is 4.79 Å². The van der Waals surface area contributed by atoms with E-state index in [4.69, 9.17) is 0 Å². The van der Waals surface area contributed by atoms with Crippen molar-refractivity contribution in [3.05, 3.63) is 23.8 Å². The molecule has 0 bridgehead atoms. The van der Waals surface area contributed by atoms with Crippen LogP contribution >= 0.6 is 0 Å². The number of phenols is 2. The highest BCUT2D eigenvalue weighted by Gasteiger charge is 2.56. The van der Waals surface area contributed by atoms with Gasteiger partial charge in [0.05, 0.1) is 6.54 Å². The predicted molar refractivity (Wildman–Crippen MR) is 94.0 cm³/mol. The van der Waals surface area contributed by atoms with Crippen LogP contribution in [0.3, 0.4) is 0 Å². The van der Waals surface area contributed by atoms with Gasteiger partial charge in [0, 0.05) is 18.7 Å². The van der Waals surface area contributed by atoms with Crippen LogP contribution in [-0.2, 0) is 4.79 Å². The Labute approximate surface area is 152 Å². The molecule has 1 saturated carbocycles. The summed E-state index contributed by atoms with van der Waals surface area (Å²) in [5.74, 6) is -1.29. The summed E-state index contributed by atoms with van der Waals surface area (Å²) >= 11 is 0. The number of aromatic hydroxyl groups is 2. The Balaban J connectivity index is 1.83. The van der Waals surface area contributed by atoms with Gasteiger partial charge in [-0.2, -0.15) is 0 Å². The summed E-state index contributed by atoms with van der Waals surface area (Å²) in [7, 11) is 1.61. The molecule has 1 aliphatic carbocycles. The van der Waals surface area contributed by atoms with Crippen LogP contribution in [0, 0.1) is 5.92 Å². The van der Waals surface area contributed by atoms with Crippen LogP contribution < -0.4 is 0 Å². The summed E-state index contributed by atoms with van der Waals surface area (Å²) in [6.07, 6.45) is 5.00. The van der Waals surface area contributed by atoms with Gasteiger partial charge < -0.3 is 15.1 Å². The molecule has 1 aliphatic heterocycles. The smallest absolute Gasteiger partial charge is 0.327 e. The zero-order valence-corrected chi connectivity index (χ0v) is 15.1. The van der Waals surface area contributed by atoms with Crippen molar-refractivity contribution in [1.29, 1.82) is 0 Å². The SMILES string of the molecule is CN1C(=O)N(CC(=O)c2cc(O)cc(O)c2)C(=O)C1(C)C1CCCCC1. The number of carbonyl (C=O) groups is 3. The number of urea groups is 1. The Morgan fingerprint density at radius 1 is 1.12 bits per heavy atom. The largest absolute Gasteiger partial charge is 0.508 e. The number of Topliss-reactive ketones (excluding diaryl/α,β-unsaturated/α-hetero) is 1. The van der Waals surface area contributed by atoms with Gasteiger partial charge >= 0.3 is 6.03 Å². The van der Waals surface area contributed by atoms with Gasteiger partial charge in [0.15, 0.2) is 5.78 Å². The van der Waals surface area contributed by atoms with E-state index in [1.54, 1.807) is 14.0 Å². The van der Waals surface area contributed by atoms with E-state index in [0.717, 1.165) is 43.1 Å². The third-order valence-corrected chi connectivity index (χ3v) is 5.82. The van der Waals surface area contributed by atoms with Gasteiger partial charge in [0.25, 0.3) is 5.91 Å². The minimum absolute atomic E-state index is 0.0528. The molecule has 2 fully saturated rings. The molecule has 2 aliphatic rings. The van der Waals surface area contributed by atoms with E-state index in [0.29, 0.717) is 0 Å². The van der Waals surface area contributed by atoms with Crippen molar-refractivity contribution < 1.29 is 24.6 Å². The molecule has 7 heteroatoms. The average Bonchev–Trinajstić information content (AvgIpc) is 2.78. The lowest BCUT2D eigenvalue weighted by Gasteiger charge is -2.38. The Kier molecular flexibility index (Phi) is 4.64. The third kappa shape index (κ3) is 2.91. The van der Waals surface area contributed by atoms with Gasteiger partial charge in [-0.1, -0.05) is 19.3 Å². The average molecular weight is 360 g/mol. The normalized spacial score (nSPS) is 24.4. The van der Waals surface area contributed by atoms with Gasteiger partial charge in [0.2, 0.25) is 0 Å². The first kappa shape index (κ1) is 18.2. The van der Waals surface area contributed by atoms with Crippen LogP contribution in [0.1, 0.15) is 49.4 Å². The summed E-state index contributed by atoms with van der Waals surface area (Å²) in [5, 5.41) is 19.1. The fraction of sp³-hybridized carbons (Fsp3) is 0.526. The molecule has 1 aromatic carbocycles. The molecule has 3 rings (SSSR count). The van der Waals surface area contributed by atoms with Crippen molar-refractivity contribution in [3.63, 3.8) is 0 Å². The summed E-state index contributed by atoms with van der Waals surface area (Å²) < 4.78 is 0. The maximum Gasteiger partial charge on any atom is 0.327 e. The van der Waals surface area contributed by atoms with E-state index >= 15 is 0 Å². The number of nitrogens with zero attached hydrogens (tertiary/aromatic N) is 2. The molecule has 0 spiro atoms. The van der Waals surface area contributed by atoms with Crippen molar-refractivity contribution in [3.8, 4) is 11.5 Å². The quantitative estimate of drug-likeness (QED) is 0.635. The Bertz CT molecular complexity index is 736. The van der Waals surface area contributed by atoms with Crippen LogP contribution in [0.25, 0.3) is 0 Å². The maximum absolute atomic E-state index is 13.1. The van der Waals surface area contributed by atoms with E-state index in [-0.39, 0.29) is 28.9 Å². The van der Waals surface area contributed by atoms with Crippen LogP contribution in [-0.4, -0.2) is 56.9 Å². The number of imide groups is 1. The molecule has 1 atom stereocenters. The minimum Gasteiger partial charge on any atom is -0.508 e. The summed E-state index contributed by atoms with van der Waals surface area (Å²) in [5.41, 5.74) is -0.879. The van der Waals surface area contributed by atoms with Crippen LogP contribution in [0.2, 0.25) is 0 Å². The molecule has 0 radical (unpaired) electrons. The minimum atomic E-state index is -0.932. The molecule has 1 aromatic rings. The molecule has 1 saturated heterocycles.